The van der Waals surface area contributed by atoms with Crippen molar-refractivity contribution in [2.24, 2.45) is 0 Å². The average molecular weight is 779 g/mol. The van der Waals surface area contributed by atoms with Crippen LogP contribution >= 0.6 is 22.6 Å². The third kappa shape index (κ3) is 7.04. The van der Waals surface area contributed by atoms with E-state index in [9.17, 15) is 22.4 Å². The summed E-state index contributed by atoms with van der Waals surface area (Å²) in [7, 11) is -5.61. The summed E-state index contributed by atoms with van der Waals surface area (Å²) in [4.78, 5) is 27.3. The topological polar surface area (TPSA) is 108 Å². The quantitative estimate of drug-likeness (QED) is 0.129. The average Bonchev–Trinajstić information content (AvgIpc) is 3.77. The molecule has 2 aromatic heterocycles. The van der Waals surface area contributed by atoms with Gasteiger partial charge in [0.25, 0.3) is 5.56 Å². The molecule has 0 atom stereocenters. The number of fused-ring (bicyclic) bond motifs is 1. The lowest BCUT2D eigenvalue weighted by molar-refractivity contribution is 0.309. The van der Waals surface area contributed by atoms with Gasteiger partial charge < -0.3 is 18.7 Å². The van der Waals surface area contributed by atoms with Crippen molar-refractivity contribution in [3.05, 3.63) is 89.4 Å². The third-order valence-electron chi connectivity index (χ3n) is 9.10. The number of benzene rings is 2. The molecule has 46 heavy (non-hydrogen) atoms. The lowest BCUT2D eigenvalue weighted by Crippen LogP contribution is -2.41. The van der Waals surface area contributed by atoms with E-state index >= 15 is 0 Å². The Labute approximate surface area is 283 Å². The van der Waals surface area contributed by atoms with Crippen LogP contribution in [0.1, 0.15) is 56.5 Å². The van der Waals surface area contributed by atoms with Crippen molar-refractivity contribution >= 4 is 63.1 Å². The summed E-state index contributed by atoms with van der Waals surface area (Å²) in [6.45, 7) is 14.0. The number of hydrogen-bond acceptors (Lipinski definition) is 7. The molecular weight excluding hydrogens is 738 g/mol. The molecule has 0 radical (unpaired) electrons. The first-order valence-corrected chi connectivity index (χ1v) is 21.1. The zero-order valence-electron chi connectivity index (χ0n) is 27.2. The van der Waals surface area contributed by atoms with Crippen molar-refractivity contribution in [3.8, 4) is 11.1 Å². The van der Waals surface area contributed by atoms with E-state index in [1.165, 1.54) is 6.07 Å². The van der Waals surface area contributed by atoms with E-state index in [0.29, 0.717) is 26.0 Å². The summed E-state index contributed by atoms with van der Waals surface area (Å²) in [6, 6.07) is 11.7. The lowest BCUT2D eigenvalue weighted by atomic mass is 9.98. The van der Waals surface area contributed by atoms with Gasteiger partial charge in [0.2, 0.25) is 0 Å². The van der Waals surface area contributed by atoms with Gasteiger partial charge in [-0.05, 0) is 103 Å². The Morgan fingerprint density at radius 3 is 2.43 bits per heavy atom. The van der Waals surface area contributed by atoms with Crippen LogP contribution in [0.5, 0.6) is 0 Å². The Bertz CT molecular complexity index is 2060. The number of aromatic nitrogens is 1. The van der Waals surface area contributed by atoms with Gasteiger partial charge in [-0.25, -0.2) is 17.6 Å². The van der Waals surface area contributed by atoms with Crippen LogP contribution in [-0.2, 0) is 20.0 Å². The normalized spacial score (nSPS) is 14.2. The Kier molecular flexibility index (Phi) is 9.50. The molecule has 2 heterocycles. The molecular formula is C34H40FIN2O6SSi. The molecule has 1 aliphatic rings. The Morgan fingerprint density at radius 1 is 1.11 bits per heavy atom. The van der Waals surface area contributed by atoms with Crippen LogP contribution in [0.15, 0.2) is 56.5 Å². The summed E-state index contributed by atoms with van der Waals surface area (Å²) in [5.41, 5.74) is 1.85. The molecule has 0 unspecified atom stereocenters. The number of nitrogens with zero attached hydrogens (tertiary/aromatic N) is 1. The minimum atomic E-state index is -3.51. The Balaban J connectivity index is 1.59. The van der Waals surface area contributed by atoms with Crippen LogP contribution in [0, 0.1) is 23.2 Å². The maximum absolute atomic E-state index is 15.0. The second kappa shape index (κ2) is 12.7. The molecule has 5 rings (SSSR count). The molecule has 1 saturated carbocycles. The Morgan fingerprint density at radius 2 is 1.80 bits per heavy atom. The first-order valence-electron chi connectivity index (χ1n) is 15.3. The van der Waals surface area contributed by atoms with Crippen molar-refractivity contribution in [3.63, 3.8) is 0 Å². The van der Waals surface area contributed by atoms with Crippen LogP contribution in [0.25, 0.3) is 22.1 Å². The fourth-order valence-corrected chi connectivity index (χ4v) is 8.15. The van der Waals surface area contributed by atoms with E-state index in [-0.39, 0.29) is 62.7 Å². The fraction of sp³-hybridized carbons (Fsp3) is 0.412. The first-order chi connectivity index (χ1) is 21.4. The minimum absolute atomic E-state index is 0.0183. The van der Waals surface area contributed by atoms with E-state index in [1.54, 1.807) is 41.8 Å². The van der Waals surface area contributed by atoms with Crippen LogP contribution in [0.2, 0.25) is 18.1 Å². The number of sulfone groups is 1. The molecule has 1 aliphatic carbocycles. The summed E-state index contributed by atoms with van der Waals surface area (Å²) < 4.78 is 55.7. The number of halogens is 2. The van der Waals surface area contributed by atoms with Crippen molar-refractivity contribution in [1.82, 2.24) is 4.57 Å². The minimum Gasteiger partial charge on any atom is -0.421 e. The molecule has 0 spiro atoms. The Hall–Kier alpha value is -2.81. The highest BCUT2D eigenvalue weighted by molar-refractivity contribution is 14.1. The summed E-state index contributed by atoms with van der Waals surface area (Å²) >= 11 is 2.01. The van der Waals surface area contributed by atoms with Gasteiger partial charge in [0.15, 0.2) is 23.7 Å². The van der Waals surface area contributed by atoms with Gasteiger partial charge in [0.1, 0.15) is 11.2 Å². The summed E-state index contributed by atoms with van der Waals surface area (Å²) in [6.07, 6.45) is 1.65. The number of nitrogens with one attached hydrogen (secondary N) is 1. The maximum Gasteiger partial charge on any atom is 0.341 e. The highest BCUT2D eigenvalue weighted by Gasteiger charge is 2.37. The van der Waals surface area contributed by atoms with Gasteiger partial charge in [0.05, 0.1) is 28.4 Å². The van der Waals surface area contributed by atoms with E-state index in [1.807, 2.05) is 35.6 Å². The van der Waals surface area contributed by atoms with Gasteiger partial charge >= 0.3 is 5.63 Å². The second-order valence-corrected chi connectivity index (χ2v) is 21.8. The standard InChI is InChI=1S/C34H40FIN2O6SSi/c1-20-30(37-27-14-11-24(36)18-26(27)35)29-31(44-33(20)40)28(21(2)38(32(29)39)25-12-13-25)23-10-8-9-22(17-23)19-45(41,42)16-15-43-46(6,7)34(3,4)5/h8-11,14,17-18,25,37H,12-13,15-16,19H2,1-7H3. The van der Waals surface area contributed by atoms with Crippen molar-refractivity contribution in [2.75, 3.05) is 17.7 Å². The smallest absolute Gasteiger partial charge is 0.341 e. The van der Waals surface area contributed by atoms with Gasteiger partial charge in [-0.15, -0.1) is 0 Å². The molecule has 246 valence electrons. The molecule has 1 N–H and O–H groups in total. The number of anilines is 2. The molecule has 4 aromatic rings. The summed E-state index contributed by atoms with van der Waals surface area (Å²) in [5, 5.41) is 3.13. The van der Waals surface area contributed by atoms with E-state index in [2.05, 4.69) is 39.2 Å². The molecule has 0 saturated heterocycles. The molecule has 12 heteroatoms. The SMILES string of the molecule is Cc1c(Nc2ccc(I)cc2F)c2c(=O)n(C3CC3)c(C)c(-c3cccc(CS(=O)(=O)CCO[Si](C)(C)C(C)(C)C)c3)c2oc1=O. The zero-order chi connectivity index (χ0) is 33.8. The zero-order valence-corrected chi connectivity index (χ0v) is 31.2. The number of pyridine rings is 1. The largest absolute Gasteiger partial charge is 0.421 e. The lowest BCUT2D eigenvalue weighted by Gasteiger charge is -2.36. The van der Waals surface area contributed by atoms with Crippen LogP contribution in [-0.4, -0.2) is 33.7 Å². The fourth-order valence-electron chi connectivity index (χ4n) is 5.34. The van der Waals surface area contributed by atoms with Gasteiger partial charge in [-0.3, -0.25) is 4.79 Å². The van der Waals surface area contributed by atoms with E-state index < -0.39 is 29.6 Å². The second-order valence-electron chi connectivity index (χ2n) is 13.6. The van der Waals surface area contributed by atoms with Gasteiger partial charge in [-0.1, -0.05) is 39.0 Å². The predicted molar refractivity (Wildman–Crippen MR) is 193 cm³/mol. The predicted octanol–water partition coefficient (Wildman–Crippen LogP) is 8.00. The maximum atomic E-state index is 15.0. The molecule has 1 fully saturated rings. The highest BCUT2D eigenvalue weighted by Crippen LogP contribution is 2.41. The van der Waals surface area contributed by atoms with Crippen LogP contribution in [0.4, 0.5) is 15.8 Å². The first kappa shape index (κ1) is 34.5. The molecule has 0 aliphatic heterocycles. The monoisotopic (exact) mass is 778 g/mol. The number of rotatable bonds is 10. The van der Waals surface area contributed by atoms with E-state index in [4.69, 9.17) is 8.84 Å². The third-order valence-corrected chi connectivity index (χ3v) is 15.9. The van der Waals surface area contributed by atoms with E-state index in [0.717, 1.165) is 12.8 Å². The van der Waals surface area contributed by atoms with Crippen molar-refractivity contribution in [1.29, 1.82) is 0 Å². The molecule has 8 nitrogen and oxygen atoms in total. The van der Waals surface area contributed by atoms with Crippen molar-refractivity contribution in [2.45, 2.75) is 77.4 Å². The number of hydrogen-bond donors (Lipinski definition) is 1. The molecule has 0 amide bonds. The summed E-state index contributed by atoms with van der Waals surface area (Å²) in [5.74, 6) is -0.814. The van der Waals surface area contributed by atoms with Crippen molar-refractivity contribution < 1.29 is 21.7 Å². The highest BCUT2D eigenvalue weighted by atomic mass is 127. The van der Waals surface area contributed by atoms with Crippen LogP contribution in [0.3, 0.4) is 0 Å². The van der Waals surface area contributed by atoms with Crippen LogP contribution < -0.4 is 16.5 Å². The molecule has 0 bridgehead atoms. The van der Waals surface area contributed by atoms with Gasteiger partial charge in [0, 0.05) is 27.5 Å². The molecule has 2 aromatic carbocycles. The van der Waals surface area contributed by atoms with Gasteiger partial charge in [-0.2, -0.15) is 0 Å².